The van der Waals surface area contributed by atoms with Crippen molar-refractivity contribution in [3.8, 4) is 0 Å². The lowest BCUT2D eigenvalue weighted by Gasteiger charge is -2.13. The van der Waals surface area contributed by atoms with Crippen molar-refractivity contribution in [3.05, 3.63) is 42.5 Å². The maximum atomic E-state index is 12.4. The van der Waals surface area contributed by atoms with Gasteiger partial charge in [0.15, 0.2) is 0 Å². The predicted molar refractivity (Wildman–Crippen MR) is 87.1 cm³/mol. The van der Waals surface area contributed by atoms with Gasteiger partial charge in [0.25, 0.3) is 0 Å². The molecule has 1 aliphatic carbocycles. The SMILES string of the molecule is Cl.NC(CNS(=O)(=O)c1cccc2ccccc12)C1CC1. The smallest absolute Gasteiger partial charge is 0.241 e. The molecule has 1 saturated carbocycles. The lowest BCUT2D eigenvalue weighted by Crippen LogP contribution is -2.38. The number of sulfonamides is 1. The topological polar surface area (TPSA) is 72.2 Å². The van der Waals surface area contributed by atoms with Crippen LogP contribution in [0.1, 0.15) is 12.8 Å². The summed E-state index contributed by atoms with van der Waals surface area (Å²) in [5, 5.41) is 1.66. The first-order valence-electron chi connectivity index (χ1n) is 6.81. The number of halogens is 1. The van der Waals surface area contributed by atoms with Crippen molar-refractivity contribution in [2.45, 2.75) is 23.8 Å². The monoisotopic (exact) mass is 326 g/mol. The van der Waals surface area contributed by atoms with Gasteiger partial charge in [-0.2, -0.15) is 0 Å². The second-order valence-corrected chi connectivity index (χ2v) is 7.07. The molecule has 2 aromatic carbocycles. The molecule has 1 atom stereocenters. The Bertz CT molecular complexity index is 724. The van der Waals surface area contributed by atoms with Crippen LogP contribution in [0.3, 0.4) is 0 Å². The molecule has 6 heteroatoms. The number of rotatable bonds is 5. The third-order valence-electron chi connectivity index (χ3n) is 3.78. The zero-order chi connectivity index (χ0) is 14.2. The number of nitrogens with two attached hydrogens (primary N) is 1. The van der Waals surface area contributed by atoms with E-state index in [1.807, 2.05) is 30.3 Å². The van der Waals surface area contributed by atoms with Crippen LogP contribution in [0.5, 0.6) is 0 Å². The van der Waals surface area contributed by atoms with Crippen molar-refractivity contribution in [3.63, 3.8) is 0 Å². The van der Waals surface area contributed by atoms with Crippen molar-refractivity contribution >= 4 is 33.2 Å². The van der Waals surface area contributed by atoms with Crippen LogP contribution in [0, 0.1) is 5.92 Å². The molecule has 1 aliphatic rings. The van der Waals surface area contributed by atoms with Gasteiger partial charge in [0, 0.05) is 18.0 Å². The summed E-state index contributed by atoms with van der Waals surface area (Å²) in [6.45, 7) is 0.302. The Labute approximate surface area is 131 Å². The molecule has 1 fully saturated rings. The van der Waals surface area contributed by atoms with E-state index in [0.29, 0.717) is 17.4 Å². The van der Waals surface area contributed by atoms with E-state index in [0.717, 1.165) is 23.6 Å². The zero-order valence-electron chi connectivity index (χ0n) is 11.5. The van der Waals surface area contributed by atoms with Crippen molar-refractivity contribution in [1.82, 2.24) is 4.72 Å². The van der Waals surface area contributed by atoms with E-state index >= 15 is 0 Å². The zero-order valence-corrected chi connectivity index (χ0v) is 13.2. The van der Waals surface area contributed by atoms with E-state index in [2.05, 4.69) is 4.72 Å². The average molecular weight is 327 g/mol. The Hall–Kier alpha value is -1.14. The van der Waals surface area contributed by atoms with Crippen LogP contribution < -0.4 is 10.5 Å². The molecule has 0 amide bonds. The second kappa shape index (κ2) is 6.32. The largest absolute Gasteiger partial charge is 0.326 e. The third kappa shape index (κ3) is 3.55. The van der Waals surface area contributed by atoms with E-state index in [9.17, 15) is 8.42 Å². The standard InChI is InChI=1S/C15H18N2O2S.ClH/c16-14(12-8-9-12)10-17-20(18,19)15-7-3-5-11-4-1-2-6-13(11)15;/h1-7,12,14,17H,8-10,16H2;1H. The van der Waals surface area contributed by atoms with Crippen molar-refractivity contribution in [2.75, 3.05) is 6.54 Å². The molecule has 0 aromatic heterocycles. The summed E-state index contributed by atoms with van der Waals surface area (Å²) in [6, 6.07) is 12.7. The second-order valence-electron chi connectivity index (χ2n) is 5.33. The first-order chi connectivity index (χ1) is 9.58. The van der Waals surface area contributed by atoms with Crippen LogP contribution in [0.4, 0.5) is 0 Å². The molecule has 3 rings (SSSR count). The Balaban J connectivity index is 0.00000161. The highest BCUT2D eigenvalue weighted by Crippen LogP contribution is 2.31. The average Bonchev–Trinajstić information content (AvgIpc) is 3.29. The number of nitrogens with one attached hydrogen (secondary N) is 1. The van der Waals surface area contributed by atoms with Gasteiger partial charge in [0.1, 0.15) is 0 Å². The summed E-state index contributed by atoms with van der Waals surface area (Å²) >= 11 is 0. The Morgan fingerprint density at radius 3 is 2.52 bits per heavy atom. The van der Waals surface area contributed by atoms with E-state index in [1.165, 1.54) is 0 Å². The molecule has 0 aliphatic heterocycles. The maximum Gasteiger partial charge on any atom is 0.241 e. The van der Waals surface area contributed by atoms with Gasteiger partial charge in [-0.05, 0) is 30.2 Å². The van der Waals surface area contributed by atoms with Gasteiger partial charge in [0.2, 0.25) is 10.0 Å². The summed E-state index contributed by atoms with van der Waals surface area (Å²) < 4.78 is 27.5. The molecular formula is C15H19ClN2O2S. The first kappa shape index (κ1) is 16.2. The van der Waals surface area contributed by atoms with Crippen LogP contribution in [-0.2, 0) is 10.0 Å². The number of hydrogen-bond acceptors (Lipinski definition) is 3. The van der Waals surface area contributed by atoms with Crippen LogP contribution >= 0.6 is 12.4 Å². The fourth-order valence-corrected chi connectivity index (χ4v) is 3.71. The summed E-state index contributed by atoms with van der Waals surface area (Å²) in [5.41, 5.74) is 5.95. The minimum absolute atomic E-state index is 0. The normalized spacial score (nSPS) is 16.4. The van der Waals surface area contributed by atoms with Gasteiger partial charge in [0.05, 0.1) is 4.90 Å². The molecule has 21 heavy (non-hydrogen) atoms. The molecule has 3 N–H and O–H groups in total. The molecule has 0 saturated heterocycles. The highest BCUT2D eigenvalue weighted by Gasteiger charge is 2.29. The molecule has 0 heterocycles. The van der Waals surface area contributed by atoms with Crippen LogP contribution in [0.2, 0.25) is 0 Å². The Morgan fingerprint density at radius 2 is 1.81 bits per heavy atom. The molecular weight excluding hydrogens is 308 g/mol. The minimum atomic E-state index is -3.52. The lowest BCUT2D eigenvalue weighted by molar-refractivity contribution is 0.548. The third-order valence-corrected chi connectivity index (χ3v) is 5.26. The van der Waals surface area contributed by atoms with Crippen LogP contribution in [-0.4, -0.2) is 21.0 Å². The predicted octanol–water partition coefficient (Wildman–Crippen LogP) is 2.28. The Morgan fingerprint density at radius 1 is 1.14 bits per heavy atom. The number of hydrogen-bond donors (Lipinski definition) is 2. The molecule has 0 radical (unpaired) electrons. The molecule has 114 valence electrons. The number of benzene rings is 2. The molecule has 1 unspecified atom stereocenters. The van der Waals surface area contributed by atoms with Crippen molar-refractivity contribution < 1.29 is 8.42 Å². The molecule has 0 spiro atoms. The van der Waals surface area contributed by atoms with Crippen molar-refractivity contribution in [2.24, 2.45) is 11.7 Å². The van der Waals surface area contributed by atoms with Gasteiger partial charge >= 0.3 is 0 Å². The van der Waals surface area contributed by atoms with E-state index < -0.39 is 10.0 Å². The highest BCUT2D eigenvalue weighted by atomic mass is 35.5. The quantitative estimate of drug-likeness (QED) is 0.885. The fraction of sp³-hybridized carbons (Fsp3) is 0.333. The summed E-state index contributed by atoms with van der Waals surface area (Å²) in [7, 11) is -3.52. The summed E-state index contributed by atoms with van der Waals surface area (Å²) in [5.74, 6) is 0.477. The molecule has 0 bridgehead atoms. The summed E-state index contributed by atoms with van der Waals surface area (Å²) in [6.07, 6.45) is 2.22. The number of fused-ring (bicyclic) bond motifs is 1. The van der Waals surface area contributed by atoms with Crippen LogP contribution in [0.15, 0.2) is 47.4 Å². The van der Waals surface area contributed by atoms with Gasteiger partial charge in [-0.15, -0.1) is 12.4 Å². The Kier molecular flexibility index (Phi) is 4.88. The van der Waals surface area contributed by atoms with Crippen LogP contribution in [0.25, 0.3) is 10.8 Å². The first-order valence-corrected chi connectivity index (χ1v) is 8.29. The summed E-state index contributed by atoms with van der Waals surface area (Å²) in [4.78, 5) is 0.318. The van der Waals surface area contributed by atoms with Gasteiger partial charge < -0.3 is 5.73 Å². The van der Waals surface area contributed by atoms with Gasteiger partial charge in [-0.25, -0.2) is 13.1 Å². The van der Waals surface area contributed by atoms with E-state index in [-0.39, 0.29) is 18.4 Å². The lowest BCUT2D eigenvalue weighted by atomic mass is 10.1. The van der Waals surface area contributed by atoms with Crippen molar-refractivity contribution in [1.29, 1.82) is 0 Å². The van der Waals surface area contributed by atoms with E-state index in [4.69, 9.17) is 5.73 Å². The maximum absolute atomic E-state index is 12.4. The molecule has 2 aromatic rings. The van der Waals surface area contributed by atoms with Gasteiger partial charge in [-0.3, -0.25) is 0 Å². The fourth-order valence-electron chi connectivity index (χ4n) is 2.40. The van der Waals surface area contributed by atoms with E-state index in [1.54, 1.807) is 12.1 Å². The molecule has 4 nitrogen and oxygen atoms in total. The minimum Gasteiger partial charge on any atom is -0.326 e. The highest BCUT2D eigenvalue weighted by molar-refractivity contribution is 7.89. The van der Waals surface area contributed by atoms with Gasteiger partial charge in [-0.1, -0.05) is 36.4 Å².